The van der Waals surface area contributed by atoms with Crippen LogP contribution in [0.4, 0.5) is 9.18 Å². The van der Waals surface area contributed by atoms with Gasteiger partial charge in [0, 0.05) is 12.6 Å². The molecular weight excluding hydrogens is 415 g/mol. The van der Waals surface area contributed by atoms with Gasteiger partial charge in [-0.2, -0.15) is 0 Å². The van der Waals surface area contributed by atoms with E-state index in [0.717, 1.165) is 0 Å². The lowest BCUT2D eigenvalue weighted by molar-refractivity contribution is -0.0785. The molecule has 32 heavy (non-hydrogen) atoms. The molecule has 1 saturated heterocycles. The summed E-state index contributed by atoms with van der Waals surface area (Å²) in [5, 5.41) is 9.53. The summed E-state index contributed by atoms with van der Waals surface area (Å²) in [5.74, 6) is -1.48. The number of carboxylic acids is 1. The maximum absolute atomic E-state index is 14.5. The minimum atomic E-state index is -1.10. The zero-order valence-corrected chi connectivity index (χ0v) is 19.0. The van der Waals surface area contributed by atoms with Gasteiger partial charge in [0.1, 0.15) is 17.1 Å². The number of amides is 1. The van der Waals surface area contributed by atoms with Crippen LogP contribution in [0, 0.1) is 5.82 Å². The van der Waals surface area contributed by atoms with Crippen molar-refractivity contribution in [1.29, 1.82) is 0 Å². The van der Waals surface area contributed by atoms with E-state index in [2.05, 4.69) is 4.98 Å². The zero-order chi connectivity index (χ0) is 23.7. The first-order valence-electron chi connectivity index (χ1n) is 10.5. The molecule has 1 aliphatic rings. The summed E-state index contributed by atoms with van der Waals surface area (Å²) in [6, 6.07) is 8.79. The molecule has 0 saturated carbocycles. The molecule has 1 aliphatic heterocycles. The van der Waals surface area contributed by atoms with E-state index in [1.54, 1.807) is 58.9 Å². The molecule has 0 radical (unpaired) electrons. The van der Waals surface area contributed by atoms with E-state index in [-0.39, 0.29) is 24.2 Å². The maximum atomic E-state index is 14.5. The number of rotatable bonds is 5. The average Bonchev–Trinajstić information content (AvgIpc) is 2.92. The van der Waals surface area contributed by atoms with Gasteiger partial charge in [-0.25, -0.2) is 14.0 Å². The standard InChI is InChI=1S/C24H29FN2O5/c1-23(2,3)32-22(30)27-19(13-15-9-6-7-11-17(15)25)20(31-24(27,4)5)14-18-16(21(28)29)10-8-12-26-18/h6-12,19-20H,13-14H2,1-5H3,(H,28,29)/t19-,20+/m1/s1. The van der Waals surface area contributed by atoms with Crippen LogP contribution in [0.2, 0.25) is 0 Å². The quantitative estimate of drug-likeness (QED) is 0.733. The van der Waals surface area contributed by atoms with Crippen molar-refractivity contribution in [2.75, 3.05) is 0 Å². The summed E-state index contributed by atoms with van der Waals surface area (Å²) in [7, 11) is 0. The lowest BCUT2D eigenvalue weighted by Crippen LogP contribution is -2.51. The smallest absolute Gasteiger partial charge is 0.412 e. The predicted octanol–water partition coefficient (Wildman–Crippen LogP) is 4.44. The van der Waals surface area contributed by atoms with E-state index < -0.39 is 35.5 Å². The molecule has 1 fully saturated rings. The number of carbonyl (C=O) groups excluding carboxylic acids is 1. The van der Waals surface area contributed by atoms with Crippen molar-refractivity contribution in [2.24, 2.45) is 0 Å². The van der Waals surface area contributed by atoms with Gasteiger partial charge in [0.05, 0.1) is 23.4 Å². The third kappa shape index (κ3) is 5.24. The summed E-state index contributed by atoms with van der Waals surface area (Å²) in [4.78, 5) is 30.5. The largest absolute Gasteiger partial charge is 0.478 e. The van der Waals surface area contributed by atoms with Crippen LogP contribution in [-0.4, -0.2) is 50.5 Å². The molecular formula is C24H29FN2O5. The van der Waals surface area contributed by atoms with E-state index in [9.17, 15) is 19.1 Å². The summed E-state index contributed by atoms with van der Waals surface area (Å²) in [6.07, 6.45) is 0.634. The van der Waals surface area contributed by atoms with Gasteiger partial charge in [-0.15, -0.1) is 0 Å². The molecule has 0 spiro atoms. The first-order chi connectivity index (χ1) is 14.9. The molecule has 1 amide bonds. The van der Waals surface area contributed by atoms with E-state index in [1.165, 1.54) is 23.2 Å². The Balaban J connectivity index is 2.00. The number of carbonyl (C=O) groups is 2. The Labute approximate surface area is 187 Å². The van der Waals surface area contributed by atoms with E-state index in [1.807, 2.05) is 0 Å². The van der Waals surface area contributed by atoms with Crippen molar-refractivity contribution >= 4 is 12.1 Å². The number of hydrogen-bond acceptors (Lipinski definition) is 5. The van der Waals surface area contributed by atoms with Gasteiger partial charge in [-0.3, -0.25) is 9.88 Å². The molecule has 1 N–H and O–H groups in total. The maximum Gasteiger partial charge on any atom is 0.412 e. The van der Waals surface area contributed by atoms with Gasteiger partial charge in [-0.1, -0.05) is 18.2 Å². The second-order valence-electron chi connectivity index (χ2n) is 9.32. The second-order valence-corrected chi connectivity index (χ2v) is 9.32. The number of ether oxygens (including phenoxy) is 2. The van der Waals surface area contributed by atoms with Crippen molar-refractivity contribution in [3.8, 4) is 0 Å². The highest BCUT2D eigenvalue weighted by molar-refractivity contribution is 5.88. The number of benzene rings is 1. The number of aromatic carboxylic acids is 1. The van der Waals surface area contributed by atoms with Crippen LogP contribution in [0.3, 0.4) is 0 Å². The SMILES string of the molecule is CC(C)(C)OC(=O)N1[C@H](Cc2ccccc2F)[C@H](Cc2ncccc2C(=O)O)OC1(C)C. The highest BCUT2D eigenvalue weighted by atomic mass is 19.1. The van der Waals surface area contributed by atoms with Crippen LogP contribution >= 0.6 is 0 Å². The summed E-state index contributed by atoms with van der Waals surface area (Å²) >= 11 is 0. The number of carboxylic acid groups (broad SMARTS) is 1. The van der Waals surface area contributed by atoms with Crippen LogP contribution in [0.25, 0.3) is 0 Å². The monoisotopic (exact) mass is 444 g/mol. The first kappa shape index (κ1) is 23.7. The predicted molar refractivity (Wildman–Crippen MR) is 116 cm³/mol. The number of pyridine rings is 1. The van der Waals surface area contributed by atoms with Gasteiger partial charge in [0.25, 0.3) is 0 Å². The molecule has 1 aromatic heterocycles. The van der Waals surface area contributed by atoms with Gasteiger partial charge in [-0.05, 0) is 64.8 Å². The van der Waals surface area contributed by atoms with Crippen molar-refractivity contribution in [1.82, 2.24) is 9.88 Å². The molecule has 2 heterocycles. The fourth-order valence-corrected chi connectivity index (χ4v) is 4.01. The van der Waals surface area contributed by atoms with Crippen LogP contribution in [0.5, 0.6) is 0 Å². The molecule has 3 rings (SSSR count). The molecule has 2 aromatic rings. The van der Waals surface area contributed by atoms with E-state index >= 15 is 0 Å². The van der Waals surface area contributed by atoms with Crippen molar-refractivity contribution in [2.45, 2.75) is 70.9 Å². The minimum Gasteiger partial charge on any atom is -0.478 e. The lowest BCUT2D eigenvalue weighted by Gasteiger charge is -2.35. The van der Waals surface area contributed by atoms with Crippen LogP contribution in [0.1, 0.15) is 56.2 Å². The Morgan fingerprint density at radius 1 is 1.19 bits per heavy atom. The summed E-state index contributed by atoms with van der Waals surface area (Å²) in [6.45, 7) is 8.78. The molecule has 2 atom stereocenters. The normalized spacial score (nSPS) is 20.2. The van der Waals surface area contributed by atoms with Crippen molar-refractivity contribution in [3.63, 3.8) is 0 Å². The fraction of sp³-hybridized carbons (Fsp3) is 0.458. The third-order valence-electron chi connectivity index (χ3n) is 5.27. The Hall–Kier alpha value is -3.00. The molecule has 7 nitrogen and oxygen atoms in total. The number of nitrogens with zero attached hydrogens (tertiary/aromatic N) is 2. The van der Waals surface area contributed by atoms with E-state index in [0.29, 0.717) is 11.3 Å². The Kier molecular flexibility index (Phi) is 6.55. The van der Waals surface area contributed by atoms with Gasteiger partial charge < -0.3 is 14.6 Å². The van der Waals surface area contributed by atoms with Crippen molar-refractivity contribution < 1.29 is 28.6 Å². The molecule has 8 heteroatoms. The third-order valence-corrected chi connectivity index (χ3v) is 5.27. The number of hydrogen-bond donors (Lipinski definition) is 1. The van der Waals surface area contributed by atoms with E-state index in [4.69, 9.17) is 9.47 Å². The number of halogens is 1. The first-order valence-corrected chi connectivity index (χ1v) is 10.5. The van der Waals surface area contributed by atoms with Crippen LogP contribution in [0.15, 0.2) is 42.6 Å². The number of aromatic nitrogens is 1. The molecule has 0 bridgehead atoms. The Morgan fingerprint density at radius 3 is 2.50 bits per heavy atom. The zero-order valence-electron chi connectivity index (χ0n) is 19.0. The molecule has 172 valence electrons. The van der Waals surface area contributed by atoms with Gasteiger partial charge in [0.2, 0.25) is 0 Å². The highest BCUT2D eigenvalue weighted by Gasteiger charge is 2.51. The van der Waals surface area contributed by atoms with Gasteiger partial charge >= 0.3 is 12.1 Å². The minimum absolute atomic E-state index is 0.0641. The lowest BCUT2D eigenvalue weighted by atomic mass is 9.96. The topological polar surface area (TPSA) is 89.0 Å². The fourth-order valence-electron chi connectivity index (χ4n) is 4.01. The molecule has 0 unspecified atom stereocenters. The summed E-state index contributed by atoms with van der Waals surface area (Å²) in [5.41, 5.74) is -0.955. The Morgan fingerprint density at radius 2 is 1.88 bits per heavy atom. The summed E-state index contributed by atoms with van der Waals surface area (Å²) < 4.78 is 26.3. The molecule has 0 aliphatic carbocycles. The second kappa shape index (κ2) is 8.86. The average molecular weight is 445 g/mol. The van der Waals surface area contributed by atoms with Crippen LogP contribution < -0.4 is 0 Å². The highest BCUT2D eigenvalue weighted by Crippen LogP contribution is 2.37. The molecule has 1 aromatic carbocycles. The van der Waals surface area contributed by atoms with Gasteiger partial charge in [0.15, 0.2) is 0 Å². The Bertz CT molecular complexity index is 1000. The van der Waals surface area contributed by atoms with Crippen LogP contribution in [-0.2, 0) is 22.3 Å². The van der Waals surface area contributed by atoms with Crippen molar-refractivity contribution in [3.05, 3.63) is 65.2 Å².